The van der Waals surface area contributed by atoms with E-state index >= 15 is 0 Å². The molecule has 0 bridgehead atoms. The number of fused-ring (bicyclic) bond motifs is 1. The average molecular weight is 405 g/mol. The lowest BCUT2D eigenvalue weighted by Crippen LogP contribution is -2.00. The van der Waals surface area contributed by atoms with Crippen LogP contribution in [-0.4, -0.2) is 24.2 Å². The van der Waals surface area contributed by atoms with Gasteiger partial charge in [0.1, 0.15) is 5.82 Å². The molecule has 1 heterocycles. The third kappa shape index (κ3) is 3.47. The van der Waals surface area contributed by atoms with Crippen LogP contribution in [0.15, 0.2) is 65.6 Å². The molecule has 0 radical (unpaired) electrons. The first-order valence-electron chi connectivity index (χ1n) is 9.67. The topological polar surface area (TPSA) is 52.0 Å². The number of hydrogen-bond acceptors (Lipinski definition) is 3. The van der Waals surface area contributed by atoms with Crippen LogP contribution in [0.4, 0.5) is 0 Å². The molecule has 0 aliphatic heterocycles. The quantitative estimate of drug-likeness (QED) is 0.457. The summed E-state index contributed by atoms with van der Waals surface area (Å²) in [4.78, 5) is 5.15. The summed E-state index contributed by atoms with van der Waals surface area (Å²) in [5, 5.41) is 0. The van der Waals surface area contributed by atoms with Crippen LogP contribution in [0.1, 0.15) is 18.1 Å². The van der Waals surface area contributed by atoms with Crippen LogP contribution in [0.25, 0.3) is 33.5 Å². The Bertz CT molecular complexity index is 1330. The molecular formula is C24H24N2O2S. The van der Waals surface area contributed by atoms with Crippen LogP contribution < -0.4 is 0 Å². The zero-order valence-corrected chi connectivity index (χ0v) is 17.9. The molecule has 0 unspecified atom stereocenters. The molecule has 0 amide bonds. The summed E-state index contributed by atoms with van der Waals surface area (Å²) in [5.74, 6) is 0.851. The summed E-state index contributed by atoms with van der Waals surface area (Å²) in [6.45, 7) is 7.04. The smallest absolute Gasteiger partial charge is 0.175 e. The molecule has 0 aliphatic carbocycles. The summed E-state index contributed by atoms with van der Waals surface area (Å²) in [5.41, 5.74) is 7.42. The lowest BCUT2D eigenvalue weighted by Gasteiger charge is -2.14. The first kappa shape index (κ1) is 19.4. The third-order valence-corrected chi connectivity index (χ3v) is 6.41. The number of imidazole rings is 1. The highest BCUT2D eigenvalue weighted by molar-refractivity contribution is 7.90. The van der Waals surface area contributed by atoms with Gasteiger partial charge in [-0.05, 0) is 55.7 Å². The monoisotopic (exact) mass is 404 g/mol. The summed E-state index contributed by atoms with van der Waals surface area (Å²) in [7, 11) is -3.28. The molecule has 0 aliphatic rings. The van der Waals surface area contributed by atoms with Gasteiger partial charge in [0.2, 0.25) is 0 Å². The van der Waals surface area contributed by atoms with Crippen molar-refractivity contribution in [3.05, 3.63) is 71.8 Å². The van der Waals surface area contributed by atoms with E-state index in [0.29, 0.717) is 10.4 Å². The molecule has 4 aromatic rings. The normalized spacial score (nSPS) is 11.9. The fourth-order valence-electron chi connectivity index (χ4n) is 3.89. The first-order chi connectivity index (χ1) is 13.8. The second-order valence-corrected chi connectivity index (χ2v) is 9.48. The summed E-state index contributed by atoms with van der Waals surface area (Å²) in [6, 6.07) is 19.9. The van der Waals surface area contributed by atoms with Crippen molar-refractivity contribution in [3.8, 4) is 22.5 Å². The van der Waals surface area contributed by atoms with Gasteiger partial charge in [-0.15, -0.1) is 0 Å². The number of rotatable bonds is 4. The molecule has 5 heteroatoms. The largest absolute Gasteiger partial charge is 0.324 e. The maximum absolute atomic E-state index is 12.0. The van der Waals surface area contributed by atoms with Crippen molar-refractivity contribution in [2.45, 2.75) is 32.2 Å². The number of sulfone groups is 1. The van der Waals surface area contributed by atoms with Crippen molar-refractivity contribution in [3.63, 3.8) is 0 Å². The Morgan fingerprint density at radius 1 is 0.897 bits per heavy atom. The van der Waals surface area contributed by atoms with Crippen molar-refractivity contribution < 1.29 is 8.42 Å². The van der Waals surface area contributed by atoms with Crippen molar-refractivity contribution in [1.82, 2.24) is 9.55 Å². The summed E-state index contributed by atoms with van der Waals surface area (Å²) in [6.07, 6.45) is 1.22. The predicted octanol–water partition coefficient (Wildman–Crippen LogP) is 5.41. The number of benzene rings is 3. The van der Waals surface area contributed by atoms with Crippen LogP contribution >= 0.6 is 0 Å². The molecule has 29 heavy (non-hydrogen) atoms. The second kappa shape index (κ2) is 7.16. The van der Waals surface area contributed by atoms with E-state index in [0.717, 1.165) is 29.0 Å². The average Bonchev–Trinajstić information content (AvgIpc) is 3.05. The predicted molar refractivity (Wildman–Crippen MR) is 119 cm³/mol. The number of aromatic nitrogens is 2. The maximum Gasteiger partial charge on any atom is 0.175 e. The zero-order chi connectivity index (χ0) is 20.8. The Labute approximate surface area is 171 Å². The molecule has 0 spiro atoms. The highest BCUT2D eigenvalue weighted by Crippen LogP contribution is 2.35. The zero-order valence-electron chi connectivity index (χ0n) is 17.1. The minimum Gasteiger partial charge on any atom is -0.324 e. The molecule has 3 aromatic carbocycles. The van der Waals surface area contributed by atoms with Gasteiger partial charge in [0.15, 0.2) is 9.84 Å². The minimum absolute atomic E-state index is 0.292. The van der Waals surface area contributed by atoms with E-state index in [9.17, 15) is 8.42 Å². The lowest BCUT2D eigenvalue weighted by molar-refractivity contribution is 0.602. The molecule has 4 nitrogen and oxygen atoms in total. The van der Waals surface area contributed by atoms with E-state index in [4.69, 9.17) is 4.98 Å². The van der Waals surface area contributed by atoms with Gasteiger partial charge in [0, 0.05) is 18.4 Å². The van der Waals surface area contributed by atoms with Gasteiger partial charge in [0.25, 0.3) is 0 Å². The lowest BCUT2D eigenvalue weighted by atomic mass is 9.94. The van der Waals surface area contributed by atoms with Gasteiger partial charge in [-0.25, -0.2) is 13.4 Å². The van der Waals surface area contributed by atoms with Gasteiger partial charge < -0.3 is 4.57 Å². The summed E-state index contributed by atoms with van der Waals surface area (Å²) < 4.78 is 26.1. The molecular weight excluding hydrogens is 380 g/mol. The first-order valence-corrected chi connectivity index (χ1v) is 11.6. The number of hydrogen-bond donors (Lipinski definition) is 0. The van der Waals surface area contributed by atoms with Gasteiger partial charge in [-0.1, -0.05) is 48.0 Å². The van der Waals surface area contributed by atoms with Crippen LogP contribution in [0.2, 0.25) is 0 Å². The Balaban J connectivity index is 1.98. The van der Waals surface area contributed by atoms with Gasteiger partial charge >= 0.3 is 0 Å². The molecule has 0 N–H and O–H groups in total. The van der Waals surface area contributed by atoms with Crippen molar-refractivity contribution in [1.29, 1.82) is 0 Å². The van der Waals surface area contributed by atoms with Gasteiger partial charge in [0.05, 0.1) is 15.9 Å². The fraction of sp³-hybridized carbons (Fsp3) is 0.208. The van der Waals surface area contributed by atoms with Crippen LogP contribution in [0.5, 0.6) is 0 Å². The molecule has 1 aromatic heterocycles. The molecule has 0 fully saturated rings. The Kier molecular flexibility index (Phi) is 4.79. The van der Waals surface area contributed by atoms with E-state index in [1.165, 1.54) is 22.9 Å². The Morgan fingerprint density at radius 2 is 1.62 bits per heavy atom. The highest BCUT2D eigenvalue weighted by Gasteiger charge is 2.18. The molecule has 0 atom stereocenters. The van der Waals surface area contributed by atoms with E-state index in [1.54, 1.807) is 12.1 Å². The van der Waals surface area contributed by atoms with Crippen molar-refractivity contribution >= 4 is 20.9 Å². The van der Waals surface area contributed by atoms with Crippen LogP contribution in [0, 0.1) is 13.8 Å². The van der Waals surface area contributed by atoms with E-state index in [2.05, 4.69) is 55.7 Å². The highest BCUT2D eigenvalue weighted by atomic mass is 32.2. The third-order valence-electron chi connectivity index (χ3n) is 5.30. The van der Waals surface area contributed by atoms with E-state index < -0.39 is 9.84 Å². The Morgan fingerprint density at radius 3 is 2.28 bits per heavy atom. The van der Waals surface area contributed by atoms with Crippen molar-refractivity contribution in [2.24, 2.45) is 0 Å². The Hall–Kier alpha value is -2.92. The van der Waals surface area contributed by atoms with E-state index in [1.807, 2.05) is 18.2 Å². The molecule has 0 saturated heterocycles. The maximum atomic E-state index is 12.0. The molecule has 148 valence electrons. The molecule has 0 saturated carbocycles. The van der Waals surface area contributed by atoms with Crippen molar-refractivity contribution in [2.75, 3.05) is 6.26 Å². The van der Waals surface area contributed by atoms with Gasteiger partial charge in [-0.3, -0.25) is 0 Å². The van der Waals surface area contributed by atoms with Gasteiger partial charge in [-0.2, -0.15) is 0 Å². The number of aryl methyl sites for hydroxylation is 3. The standard InChI is InChI=1S/C24H24N2O2S/c1-5-26-23-13-11-18(29(4,27)28)15-22(23)25-24(26)21-9-7-6-8-20(21)19-12-10-16(2)14-17(19)3/h6-15H,5H2,1-4H3. The van der Waals surface area contributed by atoms with E-state index in [-0.39, 0.29) is 0 Å². The summed E-state index contributed by atoms with van der Waals surface area (Å²) >= 11 is 0. The van der Waals surface area contributed by atoms with Crippen LogP contribution in [-0.2, 0) is 16.4 Å². The van der Waals surface area contributed by atoms with Crippen LogP contribution in [0.3, 0.4) is 0 Å². The second-order valence-electron chi connectivity index (χ2n) is 7.47. The number of nitrogens with zero attached hydrogens (tertiary/aromatic N) is 2. The fourth-order valence-corrected chi connectivity index (χ4v) is 4.54. The SMILES string of the molecule is CCn1c(-c2ccccc2-c2ccc(C)cc2C)nc2cc(S(C)(=O)=O)ccc21. The minimum atomic E-state index is -3.28. The molecule has 4 rings (SSSR count).